The Morgan fingerprint density at radius 2 is 2.00 bits per heavy atom. The Morgan fingerprint density at radius 1 is 1.24 bits per heavy atom. The second-order valence-corrected chi connectivity index (χ2v) is 7.71. The lowest BCUT2D eigenvalue weighted by atomic mass is 9.98. The second kappa shape index (κ2) is 12.0. The fourth-order valence-electron chi connectivity index (χ4n) is 3.42. The minimum absolute atomic E-state index is 0. The molecule has 2 N–H and O–H groups in total. The zero-order chi connectivity index (χ0) is 19.8. The van der Waals surface area contributed by atoms with E-state index < -0.39 is 0 Å². The second-order valence-electron chi connectivity index (χ2n) is 6.77. The number of hydrogen-bond donors (Lipinski definition) is 2. The van der Waals surface area contributed by atoms with Crippen LogP contribution in [0.5, 0.6) is 5.75 Å². The molecule has 1 aromatic heterocycles. The highest BCUT2D eigenvalue weighted by molar-refractivity contribution is 14.0. The van der Waals surface area contributed by atoms with E-state index in [2.05, 4.69) is 32.7 Å². The number of methoxy groups -OCH3 is 1. The quantitative estimate of drug-likeness (QED) is 0.250. The number of benzene rings is 1. The fourth-order valence-corrected chi connectivity index (χ4v) is 4.06. The van der Waals surface area contributed by atoms with Gasteiger partial charge in [-0.15, -0.1) is 35.3 Å². The van der Waals surface area contributed by atoms with Gasteiger partial charge in [-0.2, -0.15) is 0 Å². The number of nitrogens with zero attached hydrogens (tertiary/aromatic N) is 2. The summed E-state index contributed by atoms with van der Waals surface area (Å²) in [5.41, 5.74) is 1.34. The Kier molecular flexibility index (Phi) is 9.72. The van der Waals surface area contributed by atoms with Crippen LogP contribution in [0.3, 0.4) is 0 Å². The number of likely N-dealkylation sites (tertiary alicyclic amines) is 1. The molecule has 3 rings (SSSR count). The first kappa shape index (κ1) is 23.5. The third kappa shape index (κ3) is 6.60. The molecule has 0 aliphatic carbocycles. The lowest BCUT2D eigenvalue weighted by Gasteiger charge is -2.22. The van der Waals surface area contributed by atoms with E-state index >= 15 is 0 Å². The van der Waals surface area contributed by atoms with Gasteiger partial charge in [-0.3, -0.25) is 9.79 Å². The van der Waals surface area contributed by atoms with Gasteiger partial charge in [0.2, 0.25) is 0 Å². The highest BCUT2D eigenvalue weighted by atomic mass is 127. The van der Waals surface area contributed by atoms with Gasteiger partial charge in [-0.1, -0.05) is 18.2 Å². The molecule has 158 valence electrons. The van der Waals surface area contributed by atoms with Gasteiger partial charge in [0, 0.05) is 39.1 Å². The molecule has 0 saturated carbocycles. The highest BCUT2D eigenvalue weighted by Gasteiger charge is 2.25. The normalized spacial score (nSPS) is 16.3. The highest BCUT2D eigenvalue weighted by Crippen LogP contribution is 2.28. The summed E-state index contributed by atoms with van der Waals surface area (Å²) < 4.78 is 5.24. The summed E-state index contributed by atoms with van der Waals surface area (Å²) in [4.78, 5) is 19.4. The van der Waals surface area contributed by atoms with Crippen molar-refractivity contribution in [1.29, 1.82) is 0 Å². The number of rotatable bonds is 7. The van der Waals surface area contributed by atoms with E-state index in [1.807, 2.05) is 36.7 Å². The van der Waals surface area contributed by atoms with Crippen LogP contribution in [0.1, 0.15) is 34.0 Å². The number of carbonyl (C=O) groups excluding carboxylic acids is 1. The van der Waals surface area contributed by atoms with Gasteiger partial charge in [-0.25, -0.2) is 0 Å². The minimum Gasteiger partial charge on any atom is -0.497 e. The van der Waals surface area contributed by atoms with Crippen LogP contribution < -0.4 is 15.4 Å². The van der Waals surface area contributed by atoms with Crippen molar-refractivity contribution in [3.05, 3.63) is 52.2 Å². The van der Waals surface area contributed by atoms with Crippen molar-refractivity contribution in [3.63, 3.8) is 0 Å². The summed E-state index contributed by atoms with van der Waals surface area (Å²) in [6, 6.07) is 12.1. The van der Waals surface area contributed by atoms with Gasteiger partial charge in [0.05, 0.1) is 12.0 Å². The molecule has 0 spiro atoms. The smallest absolute Gasteiger partial charge is 0.261 e. The molecule has 0 bridgehead atoms. The maximum absolute atomic E-state index is 11.9. The molecule has 1 aromatic carbocycles. The van der Waals surface area contributed by atoms with Crippen molar-refractivity contribution in [2.75, 3.05) is 40.3 Å². The number of thiophene rings is 1. The van der Waals surface area contributed by atoms with Gasteiger partial charge in [-0.05, 0) is 42.0 Å². The van der Waals surface area contributed by atoms with Crippen LogP contribution in [-0.4, -0.2) is 57.1 Å². The molecule has 1 saturated heterocycles. The maximum atomic E-state index is 11.9. The van der Waals surface area contributed by atoms with Gasteiger partial charge in [0.25, 0.3) is 5.91 Å². The van der Waals surface area contributed by atoms with Crippen LogP contribution in [0.4, 0.5) is 0 Å². The number of carbonyl (C=O) groups is 1. The molecule has 0 radical (unpaired) electrons. The molecule has 6 nitrogen and oxygen atoms in total. The molecule has 29 heavy (non-hydrogen) atoms. The number of ether oxygens (including phenoxy) is 1. The van der Waals surface area contributed by atoms with Crippen LogP contribution in [0.2, 0.25) is 0 Å². The number of amides is 1. The Labute approximate surface area is 193 Å². The van der Waals surface area contributed by atoms with E-state index in [0.717, 1.165) is 49.1 Å². The molecule has 1 unspecified atom stereocenters. The topological polar surface area (TPSA) is 66.0 Å². The van der Waals surface area contributed by atoms with Crippen molar-refractivity contribution in [1.82, 2.24) is 15.5 Å². The van der Waals surface area contributed by atoms with Crippen molar-refractivity contribution in [3.8, 4) is 5.75 Å². The summed E-state index contributed by atoms with van der Waals surface area (Å²) in [5.74, 6) is 2.33. The zero-order valence-corrected chi connectivity index (χ0v) is 20.0. The summed E-state index contributed by atoms with van der Waals surface area (Å²) in [6.07, 6.45) is 1.97. The monoisotopic (exact) mass is 528 g/mol. The van der Waals surface area contributed by atoms with Crippen LogP contribution in [0, 0.1) is 0 Å². The van der Waals surface area contributed by atoms with Crippen molar-refractivity contribution < 1.29 is 9.53 Å². The van der Waals surface area contributed by atoms with Gasteiger partial charge in [0.1, 0.15) is 5.75 Å². The summed E-state index contributed by atoms with van der Waals surface area (Å²) in [7, 11) is 3.51. The molecule has 1 atom stereocenters. The van der Waals surface area contributed by atoms with Crippen LogP contribution in [0.15, 0.2) is 46.8 Å². The first-order chi connectivity index (χ1) is 13.7. The minimum atomic E-state index is 0. The molecular formula is C21H29IN4O2S. The molecule has 1 amide bonds. The predicted octanol–water partition coefficient (Wildman–Crippen LogP) is 3.56. The van der Waals surface area contributed by atoms with Crippen molar-refractivity contribution >= 4 is 47.2 Å². The van der Waals surface area contributed by atoms with E-state index in [4.69, 9.17) is 4.74 Å². The SMILES string of the molecule is CN=C(NCCCNC(=O)c1cccs1)N1CCC(c2ccc(OC)cc2)C1.I. The van der Waals surface area contributed by atoms with E-state index in [9.17, 15) is 4.79 Å². The zero-order valence-electron chi connectivity index (χ0n) is 16.9. The first-order valence-electron chi connectivity index (χ1n) is 9.62. The first-order valence-corrected chi connectivity index (χ1v) is 10.5. The Morgan fingerprint density at radius 3 is 2.66 bits per heavy atom. The number of aliphatic imine (C=N–C) groups is 1. The van der Waals surface area contributed by atoms with Crippen molar-refractivity contribution in [2.24, 2.45) is 4.99 Å². The molecule has 1 fully saturated rings. The molecular weight excluding hydrogens is 499 g/mol. The van der Waals surface area contributed by atoms with E-state index in [1.54, 1.807) is 7.11 Å². The molecule has 1 aliphatic heterocycles. The fraction of sp³-hybridized carbons (Fsp3) is 0.429. The van der Waals surface area contributed by atoms with E-state index in [-0.39, 0.29) is 29.9 Å². The van der Waals surface area contributed by atoms with Crippen LogP contribution in [-0.2, 0) is 0 Å². The average Bonchev–Trinajstić information content (AvgIpc) is 3.43. The molecule has 2 heterocycles. The molecule has 2 aromatic rings. The van der Waals surface area contributed by atoms with E-state index in [0.29, 0.717) is 12.5 Å². The van der Waals surface area contributed by atoms with Crippen molar-refractivity contribution in [2.45, 2.75) is 18.8 Å². The predicted molar refractivity (Wildman–Crippen MR) is 130 cm³/mol. The Bertz CT molecular complexity index is 780. The summed E-state index contributed by atoms with van der Waals surface area (Å²) in [5, 5.41) is 8.28. The molecule has 8 heteroatoms. The lowest BCUT2D eigenvalue weighted by molar-refractivity contribution is 0.0957. The van der Waals surface area contributed by atoms with E-state index in [1.165, 1.54) is 16.9 Å². The third-order valence-corrected chi connectivity index (χ3v) is 5.82. The average molecular weight is 528 g/mol. The summed E-state index contributed by atoms with van der Waals surface area (Å²) >= 11 is 1.46. The summed E-state index contributed by atoms with van der Waals surface area (Å²) in [6.45, 7) is 3.38. The van der Waals surface area contributed by atoms with Crippen LogP contribution in [0.25, 0.3) is 0 Å². The lowest BCUT2D eigenvalue weighted by Crippen LogP contribution is -2.41. The number of hydrogen-bond acceptors (Lipinski definition) is 4. The van der Waals surface area contributed by atoms with Gasteiger partial charge >= 0.3 is 0 Å². The number of guanidine groups is 1. The Balaban J connectivity index is 0.00000300. The third-order valence-electron chi connectivity index (χ3n) is 4.95. The van der Waals surface area contributed by atoms with Gasteiger partial charge < -0.3 is 20.3 Å². The maximum Gasteiger partial charge on any atom is 0.261 e. The number of halogens is 1. The number of nitrogens with one attached hydrogen (secondary N) is 2. The van der Waals surface area contributed by atoms with Gasteiger partial charge in [0.15, 0.2) is 5.96 Å². The standard InChI is InChI=1S/C21H28N4O2S.HI/c1-22-21(24-12-4-11-23-20(26)19-5-3-14-28-19)25-13-10-17(15-25)16-6-8-18(27-2)9-7-16;/h3,5-9,14,17H,4,10-13,15H2,1-2H3,(H,22,24)(H,23,26);1H. The Hall–Kier alpha value is -1.81. The largest absolute Gasteiger partial charge is 0.497 e. The van der Waals surface area contributed by atoms with Crippen LogP contribution >= 0.6 is 35.3 Å². The molecule has 1 aliphatic rings.